The molecule has 22 heavy (non-hydrogen) atoms. The van der Waals surface area contributed by atoms with Crippen molar-refractivity contribution in [3.63, 3.8) is 0 Å². The molecule has 3 aromatic rings. The number of hydrogen-bond acceptors (Lipinski definition) is 5. The Kier molecular flexibility index (Phi) is 3.74. The summed E-state index contributed by atoms with van der Waals surface area (Å²) in [6.45, 7) is 0. The van der Waals surface area contributed by atoms with Crippen LogP contribution in [-0.2, 0) is 0 Å². The molecular formula is C14H8ClN3O3S. The molecule has 0 amide bonds. The molecule has 0 radical (unpaired) electrons. The number of aliphatic imine (C=N–C) groups is 1. The lowest BCUT2D eigenvalue weighted by Crippen LogP contribution is -2.08. The third-order valence-corrected chi connectivity index (χ3v) is 3.29. The van der Waals surface area contributed by atoms with Crippen LogP contribution in [0, 0.1) is 4.77 Å². The van der Waals surface area contributed by atoms with Gasteiger partial charge in [0, 0.05) is 23.4 Å². The van der Waals surface area contributed by atoms with Crippen molar-refractivity contribution in [1.29, 1.82) is 0 Å². The minimum absolute atomic E-state index is 0.153. The van der Waals surface area contributed by atoms with Gasteiger partial charge in [0.25, 0.3) is 5.56 Å². The SMILES string of the molecule is O=c1cc(N=Cc2coc3cc(Cl)ccc3c2=O)[nH]c(=S)[nH]1. The maximum Gasteiger partial charge on any atom is 0.253 e. The van der Waals surface area contributed by atoms with E-state index < -0.39 is 0 Å². The van der Waals surface area contributed by atoms with Crippen molar-refractivity contribution in [2.24, 2.45) is 4.99 Å². The summed E-state index contributed by atoms with van der Waals surface area (Å²) in [6, 6.07) is 5.99. The third-order valence-electron chi connectivity index (χ3n) is 2.85. The maximum atomic E-state index is 12.3. The Bertz CT molecular complexity index is 1040. The lowest BCUT2D eigenvalue weighted by molar-refractivity contribution is 0.601. The molecular weight excluding hydrogens is 326 g/mol. The normalized spacial score (nSPS) is 11.3. The monoisotopic (exact) mass is 333 g/mol. The zero-order valence-electron chi connectivity index (χ0n) is 10.9. The Morgan fingerprint density at radius 2 is 2.05 bits per heavy atom. The van der Waals surface area contributed by atoms with E-state index in [1.165, 1.54) is 18.5 Å². The zero-order chi connectivity index (χ0) is 15.7. The van der Waals surface area contributed by atoms with Crippen LogP contribution in [-0.4, -0.2) is 16.2 Å². The smallest absolute Gasteiger partial charge is 0.253 e. The zero-order valence-corrected chi connectivity index (χ0v) is 12.5. The fraction of sp³-hybridized carbons (Fsp3) is 0. The molecule has 0 aliphatic rings. The molecule has 0 saturated heterocycles. The van der Waals surface area contributed by atoms with Crippen LogP contribution < -0.4 is 11.0 Å². The van der Waals surface area contributed by atoms with E-state index in [0.29, 0.717) is 16.0 Å². The van der Waals surface area contributed by atoms with E-state index in [2.05, 4.69) is 15.0 Å². The Balaban J connectivity index is 2.07. The summed E-state index contributed by atoms with van der Waals surface area (Å²) in [5.41, 5.74) is 0.0147. The van der Waals surface area contributed by atoms with Crippen molar-refractivity contribution in [3.05, 3.63) is 66.5 Å². The Labute approximate surface area is 133 Å². The van der Waals surface area contributed by atoms with Gasteiger partial charge in [-0.05, 0) is 24.4 Å². The first kappa shape index (κ1) is 14.4. The molecule has 2 N–H and O–H groups in total. The fourth-order valence-corrected chi connectivity index (χ4v) is 2.24. The number of aromatic nitrogens is 2. The molecule has 0 fully saturated rings. The highest BCUT2D eigenvalue weighted by Crippen LogP contribution is 2.17. The average Bonchev–Trinajstić information content (AvgIpc) is 2.45. The van der Waals surface area contributed by atoms with Gasteiger partial charge in [-0.25, -0.2) is 4.99 Å². The van der Waals surface area contributed by atoms with Crippen molar-refractivity contribution >= 4 is 46.8 Å². The van der Waals surface area contributed by atoms with Crippen LogP contribution >= 0.6 is 23.8 Å². The van der Waals surface area contributed by atoms with E-state index in [1.54, 1.807) is 18.2 Å². The molecule has 0 atom stereocenters. The van der Waals surface area contributed by atoms with Crippen LogP contribution in [0.15, 0.2) is 49.5 Å². The molecule has 0 unspecified atom stereocenters. The van der Waals surface area contributed by atoms with Crippen molar-refractivity contribution in [1.82, 2.24) is 9.97 Å². The molecule has 6 nitrogen and oxygen atoms in total. The van der Waals surface area contributed by atoms with Gasteiger partial charge in [-0.3, -0.25) is 14.6 Å². The molecule has 8 heteroatoms. The van der Waals surface area contributed by atoms with Crippen LogP contribution in [0.5, 0.6) is 0 Å². The Hall–Kier alpha value is -2.51. The molecule has 2 aromatic heterocycles. The summed E-state index contributed by atoms with van der Waals surface area (Å²) in [5, 5.41) is 0.875. The van der Waals surface area contributed by atoms with Crippen molar-refractivity contribution in [2.75, 3.05) is 0 Å². The highest BCUT2D eigenvalue weighted by Gasteiger charge is 2.05. The average molecular weight is 334 g/mol. The second kappa shape index (κ2) is 5.70. The van der Waals surface area contributed by atoms with E-state index in [-0.39, 0.29) is 27.1 Å². The van der Waals surface area contributed by atoms with E-state index in [9.17, 15) is 9.59 Å². The highest BCUT2D eigenvalue weighted by atomic mass is 35.5. The first-order chi connectivity index (χ1) is 10.5. The van der Waals surface area contributed by atoms with Gasteiger partial charge in [-0.2, -0.15) is 0 Å². The predicted octanol–water partition coefficient (Wildman–Crippen LogP) is 2.94. The topological polar surface area (TPSA) is 91.2 Å². The molecule has 2 heterocycles. The summed E-state index contributed by atoms with van der Waals surface area (Å²) in [7, 11) is 0. The largest absolute Gasteiger partial charge is 0.463 e. The number of hydrogen-bond donors (Lipinski definition) is 2. The van der Waals surface area contributed by atoms with Gasteiger partial charge in [-0.1, -0.05) is 11.6 Å². The second-order valence-corrected chi connectivity index (χ2v) is 5.24. The molecule has 1 aromatic carbocycles. The van der Waals surface area contributed by atoms with Gasteiger partial charge < -0.3 is 9.40 Å². The van der Waals surface area contributed by atoms with Gasteiger partial charge in [-0.15, -0.1) is 0 Å². The molecule has 0 spiro atoms. The minimum Gasteiger partial charge on any atom is -0.463 e. The molecule has 3 rings (SSSR count). The quantitative estimate of drug-likeness (QED) is 0.557. The predicted molar refractivity (Wildman–Crippen MR) is 87.0 cm³/mol. The van der Waals surface area contributed by atoms with E-state index in [1.807, 2.05) is 0 Å². The minimum atomic E-state index is -0.379. The summed E-state index contributed by atoms with van der Waals surface area (Å²) in [6.07, 6.45) is 2.59. The van der Waals surface area contributed by atoms with Crippen LogP contribution in [0.3, 0.4) is 0 Å². The number of aromatic amines is 2. The second-order valence-electron chi connectivity index (χ2n) is 4.39. The number of halogens is 1. The summed E-state index contributed by atoms with van der Waals surface area (Å²) in [4.78, 5) is 32.7. The van der Waals surface area contributed by atoms with Crippen LogP contribution in [0.1, 0.15) is 5.56 Å². The van der Waals surface area contributed by atoms with E-state index in [0.717, 1.165) is 0 Å². The first-order valence-electron chi connectivity index (χ1n) is 6.12. The molecule has 110 valence electrons. The van der Waals surface area contributed by atoms with Gasteiger partial charge in [0.15, 0.2) is 4.77 Å². The van der Waals surface area contributed by atoms with Crippen LogP contribution in [0.2, 0.25) is 5.02 Å². The number of rotatable bonds is 2. The number of nitrogens with zero attached hydrogens (tertiary/aromatic N) is 1. The van der Waals surface area contributed by atoms with Crippen molar-refractivity contribution < 1.29 is 4.42 Å². The standard InChI is InChI=1S/C14H8ClN3O3S/c15-8-1-2-9-10(3-8)21-6-7(13(9)20)5-16-11-4-12(19)18-14(22)17-11/h1-6H,(H2,17,18,19,22). The fourth-order valence-electron chi connectivity index (χ4n) is 1.87. The summed E-state index contributed by atoms with van der Waals surface area (Å²) in [5.74, 6) is 0.240. The molecule has 0 aliphatic carbocycles. The van der Waals surface area contributed by atoms with Gasteiger partial charge >= 0.3 is 0 Å². The van der Waals surface area contributed by atoms with E-state index >= 15 is 0 Å². The highest BCUT2D eigenvalue weighted by molar-refractivity contribution is 7.71. The van der Waals surface area contributed by atoms with Crippen molar-refractivity contribution in [2.45, 2.75) is 0 Å². The van der Waals surface area contributed by atoms with Crippen molar-refractivity contribution in [3.8, 4) is 0 Å². The molecule has 0 aliphatic heterocycles. The van der Waals surface area contributed by atoms with Crippen LogP contribution in [0.4, 0.5) is 5.82 Å². The molecule has 0 saturated carbocycles. The van der Waals surface area contributed by atoms with Gasteiger partial charge in [0.2, 0.25) is 5.43 Å². The van der Waals surface area contributed by atoms with Crippen LogP contribution in [0.25, 0.3) is 11.0 Å². The lowest BCUT2D eigenvalue weighted by atomic mass is 10.2. The maximum absolute atomic E-state index is 12.3. The van der Waals surface area contributed by atoms with E-state index in [4.69, 9.17) is 28.2 Å². The summed E-state index contributed by atoms with van der Waals surface area (Å²) < 4.78 is 5.52. The van der Waals surface area contributed by atoms with Gasteiger partial charge in [0.05, 0.1) is 10.9 Å². The number of benzene rings is 1. The third kappa shape index (κ3) is 2.90. The van der Waals surface area contributed by atoms with Gasteiger partial charge in [0.1, 0.15) is 17.7 Å². The number of fused-ring (bicyclic) bond motifs is 1. The molecule has 0 bridgehead atoms. The lowest BCUT2D eigenvalue weighted by Gasteiger charge is -1.99. The first-order valence-corrected chi connectivity index (χ1v) is 6.90. The number of nitrogens with one attached hydrogen (secondary N) is 2. The Morgan fingerprint density at radius 1 is 1.23 bits per heavy atom. The number of H-pyrrole nitrogens is 2. The Morgan fingerprint density at radius 3 is 2.82 bits per heavy atom. The summed E-state index contributed by atoms with van der Waals surface area (Å²) >= 11 is 10.7.